The first-order valence-electron chi connectivity index (χ1n) is 9.40. The highest BCUT2D eigenvalue weighted by molar-refractivity contribution is 7.92. The van der Waals surface area contributed by atoms with Crippen LogP contribution in [0.15, 0.2) is 81.4 Å². The van der Waals surface area contributed by atoms with Crippen LogP contribution in [0.3, 0.4) is 0 Å². The molecule has 0 saturated heterocycles. The number of sulfonamides is 1. The van der Waals surface area contributed by atoms with E-state index < -0.39 is 10.0 Å². The van der Waals surface area contributed by atoms with Gasteiger partial charge in [0.15, 0.2) is 11.7 Å². The molecule has 1 aliphatic rings. The maximum absolute atomic E-state index is 12.7. The number of phenols is 1. The Morgan fingerprint density at radius 3 is 2.59 bits per heavy atom. The molecule has 160 valence electrons. The molecule has 8 nitrogen and oxygen atoms in total. The number of aromatic amines is 1. The fourth-order valence-corrected chi connectivity index (χ4v) is 4.67. The number of aromatic nitrogens is 1. The molecule has 0 atom stereocenters. The average Bonchev–Trinajstić information content (AvgIpc) is 3.28. The second-order valence-electron chi connectivity index (χ2n) is 7.11. The number of fused-ring (bicyclic) bond motifs is 2. The molecule has 3 aromatic carbocycles. The van der Waals surface area contributed by atoms with Crippen molar-refractivity contribution in [3.63, 3.8) is 0 Å². The summed E-state index contributed by atoms with van der Waals surface area (Å²) in [5, 5.41) is 22.4. The number of aromatic hydroxyl groups is 2. The fraction of sp³-hybridized carbons (Fsp3) is 0. The Kier molecular flexibility index (Phi) is 4.65. The van der Waals surface area contributed by atoms with Crippen LogP contribution in [0.25, 0.3) is 17.0 Å². The van der Waals surface area contributed by atoms with Crippen molar-refractivity contribution in [1.29, 1.82) is 0 Å². The highest BCUT2D eigenvalue weighted by Gasteiger charge is 2.17. The number of anilines is 1. The summed E-state index contributed by atoms with van der Waals surface area (Å²) in [5.74, 6) is 0.128. The van der Waals surface area contributed by atoms with Crippen molar-refractivity contribution in [2.45, 2.75) is 4.90 Å². The van der Waals surface area contributed by atoms with Gasteiger partial charge < -0.3 is 15.2 Å². The Balaban J connectivity index is 1.55. The zero-order valence-electron chi connectivity index (χ0n) is 16.2. The Morgan fingerprint density at radius 1 is 0.969 bits per heavy atom. The van der Waals surface area contributed by atoms with Crippen molar-refractivity contribution in [2.75, 3.05) is 4.72 Å². The molecule has 1 aromatic heterocycles. The van der Waals surface area contributed by atoms with Crippen LogP contribution in [-0.4, -0.2) is 23.6 Å². The lowest BCUT2D eigenvalue weighted by Gasteiger charge is -2.08. The van der Waals surface area contributed by atoms with Gasteiger partial charge in [-0.1, -0.05) is 17.7 Å². The van der Waals surface area contributed by atoms with Gasteiger partial charge in [0, 0.05) is 33.2 Å². The van der Waals surface area contributed by atoms with E-state index in [-0.39, 0.29) is 22.2 Å². The monoisotopic (exact) mass is 466 g/mol. The molecule has 32 heavy (non-hydrogen) atoms. The predicted octanol–water partition coefficient (Wildman–Crippen LogP) is 3.28. The minimum Gasteiger partial charge on any atom is -0.508 e. The number of nitrogens with zero attached hydrogens (tertiary/aromatic N) is 2. The van der Waals surface area contributed by atoms with Crippen LogP contribution < -0.4 is 15.4 Å². The van der Waals surface area contributed by atoms with E-state index in [9.17, 15) is 18.6 Å². The van der Waals surface area contributed by atoms with Crippen molar-refractivity contribution in [3.8, 4) is 11.6 Å². The van der Waals surface area contributed by atoms with Crippen LogP contribution in [0.5, 0.6) is 11.6 Å². The molecule has 0 radical (unpaired) electrons. The smallest absolute Gasteiger partial charge is 0.262 e. The number of nitrogens with one attached hydrogen (secondary N) is 2. The highest BCUT2D eigenvalue weighted by Crippen LogP contribution is 2.32. The zero-order valence-corrected chi connectivity index (χ0v) is 17.8. The molecule has 0 unspecified atom stereocenters. The molecule has 4 N–H and O–H groups in total. The quantitative estimate of drug-likeness (QED) is 0.368. The van der Waals surface area contributed by atoms with Crippen LogP contribution in [0, 0.1) is 0 Å². The second-order valence-corrected chi connectivity index (χ2v) is 9.23. The summed E-state index contributed by atoms with van der Waals surface area (Å²) >= 11 is 6.00. The summed E-state index contributed by atoms with van der Waals surface area (Å²) in [7, 11) is -3.92. The average molecular weight is 467 g/mol. The predicted molar refractivity (Wildman–Crippen MR) is 121 cm³/mol. The molecule has 0 aliphatic carbocycles. The van der Waals surface area contributed by atoms with Gasteiger partial charge in [0.1, 0.15) is 5.75 Å². The van der Waals surface area contributed by atoms with Crippen molar-refractivity contribution in [3.05, 3.63) is 87.8 Å². The Labute approximate surface area is 186 Å². The van der Waals surface area contributed by atoms with Gasteiger partial charge in [-0.2, -0.15) is 0 Å². The van der Waals surface area contributed by atoms with Crippen molar-refractivity contribution in [2.24, 2.45) is 9.98 Å². The van der Waals surface area contributed by atoms with Crippen molar-refractivity contribution in [1.82, 2.24) is 4.98 Å². The van der Waals surface area contributed by atoms with Gasteiger partial charge in [-0.15, -0.1) is 0 Å². The topological polar surface area (TPSA) is 127 Å². The SMILES string of the molecule is O=S(=O)(Nc1ccc2[nH]c(O)c(/C=C3\N=c4ccc(Cl)cc4=N3)c2c1)c1cccc(O)c1. The summed E-state index contributed by atoms with van der Waals surface area (Å²) in [5.41, 5.74) is 1.31. The first-order chi connectivity index (χ1) is 15.3. The summed E-state index contributed by atoms with van der Waals surface area (Å²) < 4.78 is 27.8. The molecule has 0 amide bonds. The molecule has 10 heteroatoms. The van der Waals surface area contributed by atoms with Gasteiger partial charge in [-0.05, 0) is 54.6 Å². The van der Waals surface area contributed by atoms with Crippen LogP contribution >= 0.6 is 11.6 Å². The van der Waals surface area contributed by atoms with Crippen LogP contribution in [0.1, 0.15) is 5.56 Å². The molecule has 4 aromatic rings. The lowest BCUT2D eigenvalue weighted by Crippen LogP contribution is -2.20. The molecule has 0 spiro atoms. The van der Waals surface area contributed by atoms with E-state index in [0.29, 0.717) is 38.0 Å². The number of phenolic OH excluding ortho intramolecular Hbond substituents is 1. The lowest BCUT2D eigenvalue weighted by molar-refractivity contribution is 0.457. The van der Waals surface area contributed by atoms with Gasteiger partial charge in [-0.3, -0.25) is 4.72 Å². The molecule has 2 heterocycles. The van der Waals surface area contributed by atoms with Crippen molar-refractivity contribution >= 4 is 44.3 Å². The third-order valence-corrected chi connectivity index (χ3v) is 6.49. The van der Waals surface area contributed by atoms with Gasteiger partial charge in [0.2, 0.25) is 0 Å². The molecule has 0 bridgehead atoms. The summed E-state index contributed by atoms with van der Waals surface area (Å²) in [4.78, 5) is 11.6. The Morgan fingerprint density at radius 2 is 1.78 bits per heavy atom. The number of halogens is 1. The van der Waals surface area contributed by atoms with E-state index in [1.807, 2.05) is 0 Å². The number of benzene rings is 3. The maximum atomic E-state index is 12.7. The van der Waals surface area contributed by atoms with E-state index in [0.717, 1.165) is 6.07 Å². The fourth-order valence-electron chi connectivity index (χ4n) is 3.42. The molecule has 5 rings (SSSR count). The molecule has 0 saturated carbocycles. The van der Waals surface area contributed by atoms with Gasteiger partial charge >= 0.3 is 0 Å². The largest absolute Gasteiger partial charge is 0.508 e. The van der Waals surface area contributed by atoms with Gasteiger partial charge in [0.05, 0.1) is 15.6 Å². The van der Waals surface area contributed by atoms with E-state index >= 15 is 0 Å². The first-order valence-corrected chi connectivity index (χ1v) is 11.3. The van der Waals surface area contributed by atoms with Gasteiger partial charge in [-0.25, -0.2) is 18.4 Å². The van der Waals surface area contributed by atoms with Crippen LogP contribution in [-0.2, 0) is 10.0 Å². The maximum Gasteiger partial charge on any atom is 0.262 e. The lowest BCUT2D eigenvalue weighted by atomic mass is 10.1. The number of rotatable bonds is 4. The van der Waals surface area contributed by atoms with E-state index in [2.05, 4.69) is 19.7 Å². The molecule has 0 fully saturated rings. The summed E-state index contributed by atoms with van der Waals surface area (Å²) in [6, 6.07) is 15.4. The van der Waals surface area contributed by atoms with Crippen LogP contribution in [0.4, 0.5) is 5.69 Å². The molecule has 1 aliphatic heterocycles. The zero-order chi connectivity index (χ0) is 22.5. The summed E-state index contributed by atoms with van der Waals surface area (Å²) in [6.45, 7) is 0. The Hall–Kier alpha value is -3.82. The molecular weight excluding hydrogens is 452 g/mol. The first kappa shape index (κ1) is 20.1. The third kappa shape index (κ3) is 3.68. The second kappa shape index (κ2) is 7.40. The number of H-pyrrole nitrogens is 1. The Bertz CT molecular complexity index is 1660. The van der Waals surface area contributed by atoms with Crippen LogP contribution in [0.2, 0.25) is 5.02 Å². The van der Waals surface area contributed by atoms with E-state index in [4.69, 9.17) is 11.6 Å². The minimum absolute atomic E-state index is 0.0724. The van der Waals surface area contributed by atoms with Crippen molar-refractivity contribution < 1.29 is 18.6 Å². The minimum atomic E-state index is -3.92. The number of hydrogen-bond acceptors (Lipinski definition) is 6. The van der Waals surface area contributed by atoms with Gasteiger partial charge in [0.25, 0.3) is 10.0 Å². The highest BCUT2D eigenvalue weighted by atomic mass is 35.5. The normalized spacial score (nSPS) is 14.2. The standard InChI is InChI=1S/C22H15ClN4O4S/c23-12-4-6-19-20(8-12)25-21(24-19)11-17-16-9-13(5-7-18(16)26-22(17)29)27-32(30,31)15-3-1-2-14(28)10-15/h1-11,26-29H/b21-11+. The summed E-state index contributed by atoms with van der Waals surface area (Å²) in [6.07, 6.45) is 1.61. The molecular formula is C22H15ClN4O4S. The number of hydrogen-bond donors (Lipinski definition) is 4. The third-order valence-electron chi connectivity index (χ3n) is 4.88. The van der Waals surface area contributed by atoms with E-state index in [1.165, 1.54) is 18.2 Å². The van der Waals surface area contributed by atoms with E-state index in [1.54, 1.807) is 42.5 Å².